The Kier molecular flexibility index (Phi) is 3.32. The molecule has 5 nitrogen and oxygen atoms in total. The Morgan fingerprint density at radius 2 is 2.15 bits per heavy atom. The maximum absolute atomic E-state index is 13.1. The Bertz CT molecular complexity index is 472. The van der Waals surface area contributed by atoms with Crippen molar-refractivity contribution in [2.24, 2.45) is 5.41 Å². The third-order valence-corrected chi connectivity index (χ3v) is 3.73. The lowest BCUT2D eigenvalue weighted by atomic mass is 9.71. The van der Waals surface area contributed by atoms with Gasteiger partial charge in [-0.2, -0.15) is 13.2 Å². The van der Waals surface area contributed by atoms with Gasteiger partial charge in [0.05, 0.1) is 0 Å². The first kappa shape index (κ1) is 14.8. The van der Waals surface area contributed by atoms with Gasteiger partial charge in [0.2, 0.25) is 0 Å². The number of esters is 2. The molecule has 2 aliphatic rings. The molecule has 1 saturated carbocycles. The molecule has 2 rings (SSSR count). The lowest BCUT2D eigenvalue weighted by Gasteiger charge is -2.37. The average Bonchev–Trinajstić information content (AvgIpc) is 2.48. The summed E-state index contributed by atoms with van der Waals surface area (Å²) < 4.78 is 48.7. The number of fused-ring (bicyclic) bond motifs is 2. The molecule has 8 heteroatoms. The molecule has 2 bridgehead atoms. The number of ether oxygens (including phenoxy) is 2. The van der Waals surface area contributed by atoms with E-state index in [2.05, 4.69) is 11.3 Å². The van der Waals surface area contributed by atoms with E-state index in [4.69, 9.17) is 4.74 Å². The van der Waals surface area contributed by atoms with E-state index >= 15 is 0 Å². The predicted octanol–water partition coefficient (Wildman–Crippen LogP) is 1.10. The average molecular weight is 294 g/mol. The van der Waals surface area contributed by atoms with Gasteiger partial charge in [0.15, 0.2) is 11.5 Å². The molecule has 0 radical (unpaired) electrons. The van der Waals surface area contributed by atoms with Crippen LogP contribution in [0.4, 0.5) is 13.2 Å². The van der Waals surface area contributed by atoms with E-state index in [-0.39, 0.29) is 12.0 Å². The van der Waals surface area contributed by atoms with E-state index in [1.54, 1.807) is 0 Å². The number of hydrogen-bond donors (Lipinski definition) is 1. The summed E-state index contributed by atoms with van der Waals surface area (Å²) in [7, 11) is 0. The molecule has 1 N–H and O–H groups in total. The van der Waals surface area contributed by atoms with Crippen LogP contribution in [0, 0.1) is 5.41 Å². The van der Waals surface area contributed by atoms with Crippen molar-refractivity contribution in [2.75, 3.05) is 0 Å². The number of aliphatic hydroxyl groups excluding tert-OH is 1. The largest absolute Gasteiger partial charge is 0.455 e. The molecule has 1 heterocycles. The molecule has 0 amide bonds. The number of hydrogen-bond acceptors (Lipinski definition) is 5. The van der Waals surface area contributed by atoms with Crippen molar-refractivity contribution in [3.63, 3.8) is 0 Å². The highest BCUT2D eigenvalue weighted by molar-refractivity contribution is 5.87. The zero-order valence-electron chi connectivity index (χ0n) is 10.6. The summed E-state index contributed by atoms with van der Waals surface area (Å²) in [5.41, 5.74) is -2.85. The highest BCUT2D eigenvalue weighted by Gasteiger charge is 2.74. The fourth-order valence-electron chi connectivity index (χ4n) is 2.55. The van der Waals surface area contributed by atoms with Crippen LogP contribution < -0.4 is 0 Å². The maximum atomic E-state index is 13.1. The molecule has 1 aliphatic heterocycles. The van der Waals surface area contributed by atoms with E-state index in [0.717, 1.165) is 0 Å². The van der Waals surface area contributed by atoms with Gasteiger partial charge in [-0.25, -0.2) is 4.79 Å². The Labute approximate surface area is 112 Å². The number of alkyl halides is 3. The first-order chi connectivity index (χ1) is 9.11. The molecule has 2 fully saturated rings. The summed E-state index contributed by atoms with van der Waals surface area (Å²) in [5.74, 6) is -2.32. The summed E-state index contributed by atoms with van der Waals surface area (Å²) in [6.07, 6.45) is -10.5. The lowest BCUT2D eigenvalue weighted by molar-refractivity contribution is -0.251. The summed E-state index contributed by atoms with van der Waals surface area (Å²) in [5, 5.41) is 9.81. The van der Waals surface area contributed by atoms with Crippen LogP contribution >= 0.6 is 0 Å². The van der Waals surface area contributed by atoms with Gasteiger partial charge in [-0.05, 0) is 19.8 Å². The summed E-state index contributed by atoms with van der Waals surface area (Å²) in [6, 6.07) is 0. The third-order valence-electron chi connectivity index (χ3n) is 3.73. The van der Waals surface area contributed by atoms with Gasteiger partial charge in [0.1, 0.15) is 12.2 Å². The third kappa shape index (κ3) is 1.90. The quantitative estimate of drug-likeness (QED) is 0.610. The molecule has 0 aromatic carbocycles. The summed E-state index contributed by atoms with van der Waals surface area (Å²) >= 11 is 0. The standard InChI is InChI=1S/C12H13F3O5/c1-5(2)9(17)19-6-3-4-11(12(13,14)15)8(16)7(6)20-10(11)18/h6-8,16H,1,3-4H2,2H3. The molecule has 4 atom stereocenters. The number of halogens is 3. The number of carbonyl (C=O) groups is 2. The van der Waals surface area contributed by atoms with Gasteiger partial charge < -0.3 is 14.6 Å². The highest BCUT2D eigenvalue weighted by Crippen LogP contribution is 2.55. The topological polar surface area (TPSA) is 72.8 Å². The molecular formula is C12H13F3O5. The summed E-state index contributed by atoms with van der Waals surface area (Å²) in [6.45, 7) is 4.72. The molecule has 0 aromatic heterocycles. The smallest absolute Gasteiger partial charge is 0.407 e. The van der Waals surface area contributed by atoms with Crippen molar-refractivity contribution in [1.29, 1.82) is 0 Å². The summed E-state index contributed by atoms with van der Waals surface area (Å²) in [4.78, 5) is 22.9. The Hall–Kier alpha value is -1.57. The Morgan fingerprint density at radius 3 is 2.65 bits per heavy atom. The lowest BCUT2D eigenvalue weighted by Crippen LogP contribution is -2.56. The first-order valence-corrected chi connectivity index (χ1v) is 5.93. The van der Waals surface area contributed by atoms with Crippen LogP contribution in [-0.4, -0.2) is 41.5 Å². The van der Waals surface area contributed by atoms with Gasteiger partial charge in [-0.3, -0.25) is 4.79 Å². The van der Waals surface area contributed by atoms with Gasteiger partial charge in [0, 0.05) is 5.57 Å². The molecule has 0 spiro atoms. The van der Waals surface area contributed by atoms with Crippen molar-refractivity contribution < 1.29 is 37.3 Å². The van der Waals surface area contributed by atoms with Crippen LogP contribution in [0.5, 0.6) is 0 Å². The van der Waals surface area contributed by atoms with E-state index in [1.165, 1.54) is 6.92 Å². The SMILES string of the molecule is C=C(C)C(=O)OC1CCC2(C(F)(F)F)C(=O)OC1C2O. The Balaban J connectivity index is 2.24. The van der Waals surface area contributed by atoms with Gasteiger partial charge in [-0.1, -0.05) is 6.58 Å². The second kappa shape index (κ2) is 4.47. The fourth-order valence-corrected chi connectivity index (χ4v) is 2.55. The molecule has 112 valence electrons. The van der Waals surface area contributed by atoms with E-state index < -0.39 is 48.3 Å². The van der Waals surface area contributed by atoms with E-state index in [1.807, 2.05) is 0 Å². The van der Waals surface area contributed by atoms with Crippen molar-refractivity contribution in [3.8, 4) is 0 Å². The maximum Gasteiger partial charge on any atom is 0.407 e. The number of aliphatic hydroxyl groups is 1. The Morgan fingerprint density at radius 1 is 1.55 bits per heavy atom. The monoisotopic (exact) mass is 294 g/mol. The molecule has 20 heavy (non-hydrogen) atoms. The van der Waals surface area contributed by atoms with Crippen LogP contribution in [0.25, 0.3) is 0 Å². The van der Waals surface area contributed by atoms with Crippen LogP contribution in [0.15, 0.2) is 12.2 Å². The van der Waals surface area contributed by atoms with E-state index in [0.29, 0.717) is 0 Å². The van der Waals surface area contributed by atoms with Crippen molar-refractivity contribution >= 4 is 11.9 Å². The zero-order valence-corrected chi connectivity index (χ0v) is 10.6. The van der Waals surface area contributed by atoms with Crippen LogP contribution in [0.2, 0.25) is 0 Å². The predicted molar refractivity (Wildman–Crippen MR) is 58.3 cm³/mol. The molecule has 1 aliphatic carbocycles. The fraction of sp³-hybridized carbons (Fsp3) is 0.667. The minimum absolute atomic E-state index is 0.0662. The molecular weight excluding hydrogens is 281 g/mol. The molecule has 1 saturated heterocycles. The van der Waals surface area contributed by atoms with Crippen molar-refractivity contribution in [1.82, 2.24) is 0 Å². The number of carbonyl (C=O) groups excluding carboxylic acids is 2. The molecule has 4 unspecified atom stereocenters. The first-order valence-electron chi connectivity index (χ1n) is 5.93. The second-order valence-corrected chi connectivity index (χ2v) is 5.05. The van der Waals surface area contributed by atoms with Gasteiger partial charge in [0.25, 0.3) is 0 Å². The second-order valence-electron chi connectivity index (χ2n) is 5.05. The van der Waals surface area contributed by atoms with Crippen LogP contribution in [0.3, 0.4) is 0 Å². The van der Waals surface area contributed by atoms with Crippen LogP contribution in [-0.2, 0) is 19.1 Å². The number of rotatable bonds is 2. The minimum Gasteiger partial charge on any atom is -0.455 e. The van der Waals surface area contributed by atoms with E-state index in [9.17, 15) is 27.9 Å². The highest BCUT2D eigenvalue weighted by atomic mass is 19.4. The van der Waals surface area contributed by atoms with Crippen LogP contribution in [0.1, 0.15) is 19.8 Å². The minimum atomic E-state index is -4.92. The van der Waals surface area contributed by atoms with Gasteiger partial charge >= 0.3 is 18.1 Å². The van der Waals surface area contributed by atoms with Gasteiger partial charge in [-0.15, -0.1) is 0 Å². The van der Waals surface area contributed by atoms with Crippen molar-refractivity contribution in [3.05, 3.63) is 12.2 Å². The zero-order chi connectivity index (χ0) is 15.3. The van der Waals surface area contributed by atoms with Crippen molar-refractivity contribution in [2.45, 2.75) is 44.3 Å². The normalized spacial score (nSPS) is 36.5. The molecule has 0 aromatic rings.